The van der Waals surface area contributed by atoms with Crippen molar-refractivity contribution in [3.05, 3.63) is 58.7 Å². The molecule has 14 heteroatoms. The van der Waals surface area contributed by atoms with E-state index in [-0.39, 0.29) is 20.8 Å². The minimum Gasteiger partial charge on any atom is -0.369 e. The summed E-state index contributed by atoms with van der Waals surface area (Å²) >= 11 is 13.3. The molecule has 39 heavy (non-hydrogen) atoms. The molecule has 3 aromatic rings. The predicted octanol–water partition coefficient (Wildman–Crippen LogP) is 6.12. The maximum atomic E-state index is 13.0. The van der Waals surface area contributed by atoms with E-state index in [0.29, 0.717) is 35.4 Å². The van der Waals surface area contributed by atoms with Gasteiger partial charge in [0.1, 0.15) is 10.7 Å². The number of sulfonamides is 2. The van der Waals surface area contributed by atoms with Crippen LogP contribution in [-0.2, 0) is 20.0 Å². The fraction of sp³-hybridized carbons (Fsp3) is 0.360. The van der Waals surface area contributed by atoms with Gasteiger partial charge in [0, 0.05) is 35.7 Å². The third-order valence-electron chi connectivity index (χ3n) is 5.99. The number of benzene rings is 2. The molecular formula is C25H29Cl2N5O4S3. The summed E-state index contributed by atoms with van der Waals surface area (Å²) < 4.78 is 55.7. The molecule has 0 atom stereocenters. The summed E-state index contributed by atoms with van der Waals surface area (Å²) in [5.41, 5.74) is 0. The van der Waals surface area contributed by atoms with Crippen molar-refractivity contribution in [1.29, 1.82) is 0 Å². The lowest BCUT2D eigenvalue weighted by Gasteiger charge is -2.25. The van der Waals surface area contributed by atoms with Crippen LogP contribution >= 0.6 is 35.0 Å². The zero-order valence-electron chi connectivity index (χ0n) is 21.2. The van der Waals surface area contributed by atoms with E-state index in [9.17, 15) is 16.8 Å². The zero-order valence-corrected chi connectivity index (χ0v) is 25.2. The molecule has 4 rings (SSSR count). The molecule has 0 aliphatic carbocycles. The first-order valence-corrected chi connectivity index (χ1v) is 17.0. The van der Waals surface area contributed by atoms with Crippen LogP contribution in [0.5, 0.6) is 0 Å². The molecular weight excluding hydrogens is 601 g/mol. The van der Waals surface area contributed by atoms with Gasteiger partial charge in [-0.05, 0) is 61.7 Å². The van der Waals surface area contributed by atoms with E-state index in [4.69, 9.17) is 23.2 Å². The molecule has 9 nitrogen and oxygen atoms in total. The summed E-state index contributed by atoms with van der Waals surface area (Å²) in [6, 6.07) is 10.8. The van der Waals surface area contributed by atoms with Gasteiger partial charge in [0.05, 0.1) is 14.8 Å². The topological polar surface area (TPSA) is 121 Å². The van der Waals surface area contributed by atoms with Crippen LogP contribution in [0.4, 0.5) is 11.8 Å². The van der Waals surface area contributed by atoms with E-state index >= 15 is 0 Å². The second-order valence-electron chi connectivity index (χ2n) is 8.91. The molecule has 0 spiro atoms. The molecule has 1 aliphatic heterocycles. The molecule has 2 heterocycles. The van der Waals surface area contributed by atoms with Crippen LogP contribution in [0.2, 0.25) is 10.0 Å². The van der Waals surface area contributed by atoms with E-state index in [1.807, 2.05) is 0 Å². The standard InChI is InChI=1S/C25H29Cl2N5O4S3/c1-2-3-13-28-24-22(17-29-25(30-24)31-38(33,34)23-12-7-18(26)16-21(23)27)37-19-8-10-20(11-9-19)39(35,36)32-14-5-4-6-15-32/h7-12,16-17H,2-6,13-15H2,1H3,(H2,28,29,30,31). The number of anilines is 2. The Kier molecular flexibility index (Phi) is 10.00. The molecule has 0 bridgehead atoms. The number of aromatic nitrogens is 2. The number of rotatable bonds is 11. The van der Waals surface area contributed by atoms with E-state index in [2.05, 4.69) is 26.9 Å². The zero-order chi connectivity index (χ0) is 28.0. The van der Waals surface area contributed by atoms with Crippen LogP contribution in [0.25, 0.3) is 0 Å². The fourth-order valence-corrected chi connectivity index (χ4v) is 8.02. The van der Waals surface area contributed by atoms with Crippen LogP contribution in [0.15, 0.2) is 68.2 Å². The maximum Gasteiger partial charge on any atom is 0.265 e. The lowest BCUT2D eigenvalue weighted by atomic mass is 10.2. The van der Waals surface area contributed by atoms with Crippen molar-refractivity contribution in [2.24, 2.45) is 0 Å². The Labute approximate surface area is 243 Å². The van der Waals surface area contributed by atoms with Crippen molar-refractivity contribution in [3.8, 4) is 0 Å². The molecule has 1 aromatic heterocycles. The predicted molar refractivity (Wildman–Crippen MR) is 156 cm³/mol. The van der Waals surface area contributed by atoms with Gasteiger partial charge in [0.15, 0.2) is 0 Å². The Morgan fingerprint density at radius 3 is 2.38 bits per heavy atom. The summed E-state index contributed by atoms with van der Waals surface area (Å²) in [7, 11) is -7.58. The Bertz CT molecular complexity index is 1520. The molecule has 1 fully saturated rings. The average Bonchev–Trinajstić information content (AvgIpc) is 2.90. The highest BCUT2D eigenvalue weighted by Crippen LogP contribution is 2.34. The van der Waals surface area contributed by atoms with E-state index < -0.39 is 20.0 Å². The molecule has 210 valence electrons. The summed E-state index contributed by atoms with van der Waals surface area (Å²) in [4.78, 5) is 10.2. The van der Waals surface area contributed by atoms with Crippen molar-refractivity contribution in [3.63, 3.8) is 0 Å². The number of hydrogen-bond donors (Lipinski definition) is 2. The van der Waals surface area contributed by atoms with E-state index in [0.717, 1.165) is 37.0 Å². The number of unbranched alkanes of at least 4 members (excludes halogenated alkanes) is 1. The summed E-state index contributed by atoms with van der Waals surface area (Å²) in [5.74, 6) is 0.334. The smallest absolute Gasteiger partial charge is 0.265 e. The first-order valence-electron chi connectivity index (χ1n) is 12.5. The monoisotopic (exact) mass is 629 g/mol. The number of halogens is 2. The Morgan fingerprint density at radius 1 is 1.00 bits per heavy atom. The van der Waals surface area contributed by atoms with Gasteiger partial charge >= 0.3 is 0 Å². The van der Waals surface area contributed by atoms with E-state index in [1.165, 1.54) is 36.2 Å². The fourth-order valence-electron chi connectivity index (χ4n) is 3.93. The third-order valence-corrected chi connectivity index (χ3v) is 11.0. The Hall–Kier alpha value is -2.09. The van der Waals surface area contributed by atoms with Crippen LogP contribution < -0.4 is 10.0 Å². The highest BCUT2D eigenvalue weighted by Gasteiger charge is 2.26. The van der Waals surface area contributed by atoms with Gasteiger partial charge in [-0.3, -0.25) is 0 Å². The SMILES string of the molecule is CCCCNc1nc(NS(=O)(=O)c2ccc(Cl)cc2Cl)ncc1Sc1ccc(S(=O)(=O)N2CCCCC2)cc1. The van der Waals surface area contributed by atoms with E-state index in [1.54, 1.807) is 28.6 Å². The first-order chi connectivity index (χ1) is 18.6. The quantitative estimate of drug-likeness (QED) is 0.243. The highest BCUT2D eigenvalue weighted by molar-refractivity contribution is 7.99. The first kappa shape index (κ1) is 29.9. The molecule has 2 N–H and O–H groups in total. The summed E-state index contributed by atoms with van der Waals surface area (Å²) in [5, 5.41) is 3.54. The third kappa shape index (κ3) is 7.56. The van der Waals surface area contributed by atoms with Gasteiger partial charge in [-0.15, -0.1) is 0 Å². The average molecular weight is 631 g/mol. The Balaban J connectivity index is 1.55. The number of piperidine rings is 1. The molecule has 1 aliphatic rings. The largest absolute Gasteiger partial charge is 0.369 e. The van der Waals surface area contributed by atoms with Gasteiger partial charge in [-0.25, -0.2) is 26.5 Å². The van der Waals surface area contributed by atoms with Gasteiger partial charge in [0.2, 0.25) is 16.0 Å². The minimum absolute atomic E-state index is 0.0192. The number of hydrogen-bond acceptors (Lipinski definition) is 8. The van der Waals surface area contributed by atoms with Crippen molar-refractivity contribution in [1.82, 2.24) is 14.3 Å². The van der Waals surface area contributed by atoms with Gasteiger partial charge in [-0.2, -0.15) is 9.29 Å². The van der Waals surface area contributed by atoms with Gasteiger partial charge in [-0.1, -0.05) is 54.7 Å². The van der Waals surface area contributed by atoms with Gasteiger partial charge < -0.3 is 5.32 Å². The van der Waals surface area contributed by atoms with Crippen molar-refractivity contribution in [2.45, 2.75) is 58.6 Å². The maximum absolute atomic E-state index is 13.0. The molecule has 0 saturated carbocycles. The molecule has 0 unspecified atom stereocenters. The normalized spacial score (nSPS) is 14.7. The van der Waals surface area contributed by atoms with Crippen molar-refractivity contribution >= 4 is 66.8 Å². The number of nitrogens with one attached hydrogen (secondary N) is 2. The van der Waals surface area contributed by atoms with Crippen molar-refractivity contribution < 1.29 is 16.8 Å². The molecule has 1 saturated heterocycles. The van der Waals surface area contributed by atoms with Crippen LogP contribution in [0, 0.1) is 0 Å². The molecule has 0 amide bonds. The Morgan fingerprint density at radius 2 is 1.72 bits per heavy atom. The molecule has 0 radical (unpaired) electrons. The van der Waals surface area contributed by atoms with Crippen LogP contribution in [-0.4, -0.2) is 50.7 Å². The highest BCUT2D eigenvalue weighted by atomic mass is 35.5. The second-order valence-corrected chi connectivity index (χ2v) is 14.5. The number of nitrogens with zero attached hydrogens (tertiary/aromatic N) is 3. The van der Waals surface area contributed by atoms with Crippen molar-refractivity contribution in [2.75, 3.05) is 29.7 Å². The summed E-state index contributed by atoms with van der Waals surface area (Å²) in [6.45, 7) is 3.78. The van der Waals surface area contributed by atoms with Crippen LogP contribution in [0.3, 0.4) is 0 Å². The van der Waals surface area contributed by atoms with Gasteiger partial charge in [0.25, 0.3) is 10.0 Å². The lowest BCUT2D eigenvalue weighted by molar-refractivity contribution is 0.346. The summed E-state index contributed by atoms with van der Waals surface area (Å²) in [6.07, 6.45) is 6.17. The second kappa shape index (κ2) is 13.0. The molecule has 2 aromatic carbocycles. The minimum atomic E-state index is -4.06. The lowest BCUT2D eigenvalue weighted by Crippen LogP contribution is -2.35. The van der Waals surface area contributed by atoms with Crippen LogP contribution in [0.1, 0.15) is 39.0 Å².